The molecule has 0 aliphatic carbocycles. The zero-order chi connectivity index (χ0) is 13.3. The Kier molecular flexibility index (Phi) is 3.22. The second-order valence-corrected chi connectivity index (χ2v) is 5.57. The van der Waals surface area contributed by atoms with Crippen molar-refractivity contribution in [1.29, 1.82) is 0 Å². The van der Waals surface area contributed by atoms with E-state index < -0.39 is 0 Å². The highest BCUT2D eigenvalue weighted by Gasteiger charge is 2.10. The highest BCUT2D eigenvalue weighted by molar-refractivity contribution is 5.46. The van der Waals surface area contributed by atoms with E-state index in [1.54, 1.807) is 16.7 Å². The molecule has 2 aromatic rings. The van der Waals surface area contributed by atoms with Gasteiger partial charge in [-0.05, 0) is 39.3 Å². The van der Waals surface area contributed by atoms with E-state index in [2.05, 4.69) is 31.1 Å². The molecule has 4 nitrogen and oxygen atoms in total. The maximum atomic E-state index is 12.0. The summed E-state index contributed by atoms with van der Waals surface area (Å²) >= 11 is 0. The molecule has 4 heteroatoms. The van der Waals surface area contributed by atoms with E-state index >= 15 is 0 Å². The van der Waals surface area contributed by atoms with Crippen molar-refractivity contribution in [3.8, 4) is 0 Å². The summed E-state index contributed by atoms with van der Waals surface area (Å²) in [6.07, 6.45) is 1.75. The van der Waals surface area contributed by atoms with Gasteiger partial charge in [-0.25, -0.2) is 4.98 Å². The van der Waals surface area contributed by atoms with Gasteiger partial charge in [0.25, 0.3) is 5.56 Å². The van der Waals surface area contributed by atoms with Crippen LogP contribution in [0.5, 0.6) is 0 Å². The predicted molar refractivity (Wildman–Crippen MR) is 72.8 cm³/mol. The third-order valence-corrected chi connectivity index (χ3v) is 2.74. The highest BCUT2D eigenvalue weighted by atomic mass is 16.1. The Hall–Kier alpha value is -1.68. The molecule has 2 heterocycles. The summed E-state index contributed by atoms with van der Waals surface area (Å²) in [6, 6.07) is 5.41. The average Bonchev–Trinajstić information content (AvgIpc) is 2.27. The molecule has 0 amide bonds. The summed E-state index contributed by atoms with van der Waals surface area (Å²) in [6.45, 7) is 8.83. The van der Waals surface area contributed by atoms with Gasteiger partial charge < -0.3 is 5.32 Å². The van der Waals surface area contributed by atoms with E-state index in [-0.39, 0.29) is 11.1 Å². The number of pyridine rings is 1. The van der Waals surface area contributed by atoms with Gasteiger partial charge in [0.05, 0.1) is 5.69 Å². The van der Waals surface area contributed by atoms with E-state index in [4.69, 9.17) is 0 Å². The van der Waals surface area contributed by atoms with Crippen LogP contribution >= 0.6 is 0 Å². The number of aromatic nitrogens is 2. The summed E-state index contributed by atoms with van der Waals surface area (Å²) < 4.78 is 1.58. The van der Waals surface area contributed by atoms with Crippen LogP contribution in [0.25, 0.3) is 5.65 Å². The molecule has 0 radical (unpaired) electrons. The SMILES string of the molecule is Cc1cccn2c(=O)cc(CNC(C)(C)C)nc12. The lowest BCUT2D eigenvalue weighted by Crippen LogP contribution is -2.35. The van der Waals surface area contributed by atoms with Crippen LogP contribution in [0.1, 0.15) is 32.0 Å². The summed E-state index contributed by atoms with van der Waals surface area (Å²) in [7, 11) is 0. The van der Waals surface area contributed by atoms with Crippen molar-refractivity contribution in [1.82, 2.24) is 14.7 Å². The quantitative estimate of drug-likeness (QED) is 0.879. The summed E-state index contributed by atoms with van der Waals surface area (Å²) in [5.41, 5.74) is 2.50. The first-order valence-corrected chi connectivity index (χ1v) is 6.10. The third-order valence-electron chi connectivity index (χ3n) is 2.74. The van der Waals surface area contributed by atoms with Crippen molar-refractivity contribution in [3.63, 3.8) is 0 Å². The fourth-order valence-corrected chi connectivity index (χ4v) is 1.76. The van der Waals surface area contributed by atoms with Crippen LogP contribution in [0.15, 0.2) is 29.2 Å². The zero-order valence-electron chi connectivity index (χ0n) is 11.3. The van der Waals surface area contributed by atoms with Gasteiger partial charge in [-0.3, -0.25) is 9.20 Å². The molecule has 0 saturated carbocycles. The number of hydrogen-bond acceptors (Lipinski definition) is 3. The van der Waals surface area contributed by atoms with E-state index in [1.807, 2.05) is 19.1 Å². The Labute approximate surface area is 107 Å². The van der Waals surface area contributed by atoms with Gasteiger partial charge in [0.2, 0.25) is 0 Å². The topological polar surface area (TPSA) is 46.4 Å². The molecule has 96 valence electrons. The van der Waals surface area contributed by atoms with E-state index in [1.165, 1.54) is 0 Å². The summed E-state index contributed by atoms with van der Waals surface area (Å²) in [5, 5.41) is 3.34. The molecule has 18 heavy (non-hydrogen) atoms. The summed E-state index contributed by atoms with van der Waals surface area (Å²) in [5.74, 6) is 0. The van der Waals surface area contributed by atoms with Crippen molar-refractivity contribution in [3.05, 3.63) is 46.0 Å². The van der Waals surface area contributed by atoms with Gasteiger partial charge >= 0.3 is 0 Å². The number of nitrogens with zero attached hydrogens (tertiary/aromatic N) is 2. The van der Waals surface area contributed by atoms with E-state index in [0.717, 1.165) is 16.9 Å². The number of rotatable bonds is 2. The molecule has 0 aliphatic rings. The molecule has 0 bridgehead atoms. The second-order valence-electron chi connectivity index (χ2n) is 5.57. The van der Waals surface area contributed by atoms with Crippen molar-refractivity contribution in [2.75, 3.05) is 0 Å². The van der Waals surface area contributed by atoms with Crippen LogP contribution < -0.4 is 10.9 Å². The van der Waals surface area contributed by atoms with Crippen LogP contribution in [0.2, 0.25) is 0 Å². The van der Waals surface area contributed by atoms with E-state index in [9.17, 15) is 4.79 Å². The maximum absolute atomic E-state index is 12.0. The van der Waals surface area contributed by atoms with Crippen LogP contribution in [-0.4, -0.2) is 14.9 Å². The van der Waals surface area contributed by atoms with Crippen LogP contribution in [-0.2, 0) is 6.54 Å². The molecule has 0 unspecified atom stereocenters. The van der Waals surface area contributed by atoms with Crippen LogP contribution in [0.3, 0.4) is 0 Å². The molecule has 2 rings (SSSR count). The Balaban J connectivity index is 2.43. The Morgan fingerprint density at radius 2 is 2.11 bits per heavy atom. The predicted octanol–water partition coefficient (Wildman–Crippen LogP) is 1.89. The zero-order valence-corrected chi connectivity index (χ0v) is 11.3. The molecule has 0 spiro atoms. The first-order valence-electron chi connectivity index (χ1n) is 6.10. The van der Waals surface area contributed by atoms with Gasteiger partial charge in [0.1, 0.15) is 5.65 Å². The van der Waals surface area contributed by atoms with Crippen molar-refractivity contribution >= 4 is 5.65 Å². The van der Waals surface area contributed by atoms with Gasteiger partial charge in [-0.2, -0.15) is 0 Å². The molecule has 1 N–H and O–H groups in total. The minimum atomic E-state index is -0.0330. The Morgan fingerprint density at radius 1 is 1.39 bits per heavy atom. The molecular weight excluding hydrogens is 226 g/mol. The molecule has 0 fully saturated rings. The Morgan fingerprint density at radius 3 is 2.78 bits per heavy atom. The fourth-order valence-electron chi connectivity index (χ4n) is 1.76. The second kappa shape index (κ2) is 4.53. The number of nitrogens with one attached hydrogen (secondary N) is 1. The smallest absolute Gasteiger partial charge is 0.258 e. The third kappa shape index (κ3) is 2.76. The van der Waals surface area contributed by atoms with Gasteiger partial charge in [-0.15, -0.1) is 0 Å². The molecular formula is C14H19N3O. The molecule has 0 aliphatic heterocycles. The highest BCUT2D eigenvalue weighted by Crippen LogP contribution is 2.06. The standard InChI is InChI=1S/C14H19N3O/c1-10-6-5-7-17-12(18)8-11(16-13(10)17)9-15-14(2,3)4/h5-8,15H,9H2,1-4H3. The fraction of sp³-hybridized carbons (Fsp3) is 0.429. The molecule has 0 atom stereocenters. The maximum Gasteiger partial charge on any atom is 0.258 e. The Bertz CT molecular complexity index is 623. The monoisotopic (exact) mass is 245 g/mol. The van der Waals surface area contributed by atoms with Crippen molar-refractivity contribution in [2.45, 2.75) is 39.8 Å². The molecule has 2 aromatic heterocycles. The number of hydrogen-bond donors (Lipinski definition) is 1. The lowest BCUT2D eigenvalue weighted by molar-refractivity contribution is 0.421. The van der Waals surface area contributed by atoms with Gasteiger partial charge in [0.15, 0.2) is 0 Å². The van der Waals surface area contributed by atoms with Crippen molar-refractivity contribution < 1.29 is 0 Å². The minimum absolute atomic E-state index is 0.0125. The van der Waals surface area contributed by atoms with Crippen LogP contribution in [0.4, 0.5) is 0 Å². The number of aryl methyl sites for hydroxylation is 1. The van der Waals surface area contributed by atoms with Gasteiger partial charge in [0, 0.05) is 24.3 Å². The largest absolute Gasteiger partial charge is 0.306 e. The van der Waals surface area contributed by atoms with Crippen molar-refractivity contribution in [2.24, 2.45) is 0 Å². The van der Waals surface area contributed by atoms with Crippen LogP contribution in [0, 0.1) is 6.92 Å². The lowest BCUT2D eigenvalue weighted by Gasteiger charge is -2.20. The minimum Gasteiger partial charge on any atom is -0.306 e. The van der Waals surface area contributed by atoms with Gasteiger partial charge in [-0.1, -0.05) is 6.07 Å². The average molecular weight is 245 g/mol. The number of fused-ring (bicyclic) bond motifs is 1. The first kappa shape index (κ1) is 12.8. The first-order chi connectivity index (χ1) is 8.37. The van der Waals surface area contributed by atoms with E-state index in [0.29, 0.717) is 6.54 Å². The lowest BCUT2D eigenvalue weighted by atomic mass is 10.1. The molecule has 0 saturated heterocycles. The normalized spacial score (nSPS) is 12.0. The molecule has 0 aromatic carbocycles. The summed E-state index contributed by atoms with van der Waals surface area (Å²) in [4.78, 5) is 16.5.